The minimum atomic E-state index is 0.325. The van der Waals surface area contributed by atoms with Crippen LogP contribution in [0.25, 0.3) is 0 Å². The Morgan fingerprint density at radius 3 is 2.75 bits per heavy atom. The van der Waals surface area contributed by atoms with Gasteiger partial charge in [0.1, 0.15) is 0 Å². The summed E-state index contributed by atoms with van der Waals surface area (Å²) in [5.41, 5.74) is 1.23. The van der Waals surface area contributed by atoms with Crippen molar-refractivity contribution in [3.63, 3.8) is 0 Å². The highest BCUT2D eigenvalue weighted by atomic mass is 32.1. The molecule has 0 spiro atoms. The maximum atomic E-state index is 4.19. The van der Waals surface area contributed by atoms with Crippen molar-refractivity contribution < 1.29 is 0 Å². The lowest BCUT2D eigenvalue weighted by Gasteiger charge is -2.17. The van der Waals surface area contributed by atoms with Crippen LogP contribution >= 0.6 is 11.3 Å². The summed E-state index contributed by atoms with van der Waals surface area (Å²) in [6.07, 6.45) is 3.97. The maximum absolute atomic E-state index is 4.19. The second-order valence-electron chi connectivity index (χ2n) is 4.07. The van der Waals surface area contributed by atoms with Crippen LogP contribution < -0.4 is 5.32 Å². The first-order valence-corrected chi connectivity index (χ1v) is 6.33. The number of thiophene rings is 1. The monoisotopic (exact) mass is 235 g/mol. The van der Waals surface area contributed by atoms with E-state index in [1.54, 1.807) is 11.3 Å². The van der Waals surface area contributed by atoms with Crippen LogP contribution in [-0.2, 0) is 7.05 Å². The summed E-state index contributed by atoms with van der Waals surface area (Å²) < 4.78 is 1.84. The molecule has 2 atom stereocenters. The molecule has 0 aliphatic carbocycles. The molecular formula is C12H17N3S. The van der Waals surface area contributed by atoms with Gasteiger partial charge in [-0.1, -0.05) is 6.07 Å². The Hall–Kier alpha value is -1.13. The zero-order valence-corrected chi connectivity index (χ0v) is 10.7. The fraction of sp³-hybridized carbons (Fsp3) is 0.417. The van der Waals surface area contributed by atoms with Crippen molar-refractivity contribution in [1.82, 2.24) is 15.1 Å². The van der Waals surface area contributed by atoms with Gasteiger partial charge < -0.3 is 5.32 Å². The first-order valence-electron chi connectivity index (χ1n) is 5.45. The third kappa shape index (κ3) is 2.51. The van der Waals surface area contributed by atoms with E-state index in [0.29, 0.717) is 12.1 Å². The van der Waals surface area contributed by atoms with Crippen molar-refractivity contribution in [1.29, 1.82) is 0 Å². The minimum Gasteiger partial charge on any atom is -0.303 e. The second kappa shape index (κ2) is 4.80. The Labute approximate surface area is 100 Å². The third-order valence-electron chi connectivity index (χ3n) is 2.69. The van der Waals surface area contributed by atoms with Crippen LogP contribution in [0.1, 0.15) is 36.4 Å². The van der Waals surface area contributed by atoms with Gasteiger partial charge in [0.2, 0.25) is 0 Å². The molecule has 1 N–H and O–H groups in total. The van der Waals surface area contributed by atoms with E-state index in [-0.39, 0.29) is 0 Å². The second-order valence-corrected chi connectivity index (χ2v) is 5.05. The lowest BCUT2D eigenvalue weighted by Crippen LogP contribution is -2.21. The molecule has 0 saturated heterocycles. The summed E-state index contributed by atoms with van der Waals surface area (Å²) in [4.78, 5) is 1.37. The summed E-state index contributed by atoms with van der Waals surface area (Å²) >= 11 is 1.79. The molecule has 0 aliphatic rings. The van der Waals surface area contributed by atoms with E-state index in [0.717, 1.165) is 0 Å². The third-order valence-corrected chi connectivity index (χ3v) is 3.75. The SMILES string of the molecule is CC(N[C@H](C)c1cccs1)c1cnn(C)c1. The molecule has 86 valence electrons. The van der Waals surface area contributed by atoms with Gasteiger partial charge in [-0.15, -0.1) is 11.3 Å². The largest absolute Gasteiger partial charge is 0.303 e. The van der Waals surface area contributed by atoms with Crippen LogP contribution in [0.4, 0.5) is 0 Å². The quantitative estimate of drug-likeness (QED) is 0.883. The van der Waals surface area contributed by atoms with E-state index < -0.39 is 0 Å². The summed E-state index contributed by atoms with van der Waals surface area (Å²) in [5, 5.41) is 9.87. The van der Waals surface area contributed by atoms with Gasteiger partial charge in [-0.2, -0.15) is 5.10 Å². The lowest BCUT2D eigenvalue weighted by molar-refractivity contribution is 0.500. The normalized spacial score (nSPS) is 14.9. The molecule has 2 aromatic rings. The Kier molecular flexibility index (Phi) is 3.41. The zero-order valence-electron chi connectivity index (χ0n) is 9.84. The molecule has 2 aromatic heterocycles. The summed E-state index contributed by atoms with van der Waals surface area (Å²) in [6.45, 7) is 4.36. The molecule has 2 heterocycles. The zero-order chi connectivity index (χ0) is 11.5. The summed E-state index contributed by atoms with van der Waals surface area (Å²) in [5.74, 6) is 0. The van der Waals surface area contributed by atoms with Crippen LogP contribution in [0.5, 0.6) is 0 Å². The lowest BCUT2D eigenvalue weighted by atomic mass is 10.1. The van der Waals surface area contributed by atoms with Crippen molar-refractivity contribution in [2.24, 2.45) is 7.05 Å². The first-order chi connectivity index (χ1) is 7.66. The first kappa shape index (κ1) is 11.4. The van der Waals surface area contributed by atoms with Crippen molar-refractivity contribution in [2.75, 3.05) is 0 Å². The molecule has 1 unspecified atom stereocenters. The van der Waals surface area contributed by atoms with Gasteiger partial charge in [0.05, 0.1) is 6.20 Å². The molecule has 0 aromatic carbocycles. The van der Waals surface area contributed by atoms with Gasteiger partial charge in [-0.3, -0.25) is 4.68 Å². The fourth-order valence-corrected chi connectivity index (χ4v) is 2.50. The number of nitrogens with one attached hydrogen (secondary N) is 1. The van der Waals surface area contributed by atoms with E-state index in [1.165, 1.54) is 10.4 Å². The van der Waals surface area contributed by atoms with Crippen molar-refractivity contribution >= 4 is 11.3 Å². The Morgan fingerprint density at radius 2 is 2.19 bits per heavy atom. The van der Waals surface area contributed by atoms with Gasteiger partial charge in [0.25, 0.3) is 0 Å². The minimum absolute atomic E-state index is 0.325. The number of rotatable bonds is 4. The van der Waals surface area contributed by atoms with Gasteiger partial charge in [-0.05, 0) is 25.3 Å². The van der Waals surface area contributed by atoms with Gasteiger partial charge in [-0.25, -0.2) is 0 Å². The molecule has 16 heavy (non-hydrogen) atoms. The van der Waals surface area contributed by atoms with Gasteiger partial charge in [0, 0.05) is 35.8 Å². The predicted octanol–water partition coefficient (Wildman–Crippen LogP) is 2.89. The Morgan fingerprint density at radius 1 is 1.38 bits per heavy atom. The molecule has 0 bridgehead atoms. The molecule has 2 rings (SSSR count). The highest BCUT2D eigenvalue weighted by molar-refractivity contribution is 7.10. The van der Waals surface area contributed by atoms with E-state index in [9.17, 15) is 0 Å². The average molecular weight is 235 g/mol. The van der Waals surface area contributed by atoms with E-state index in [4.69, 9.17) is 0 Å². The smallest absolute Gasteiger partial charge is 0.0537 e. The van der Waals surface area contributed by atoms with Crippen LogP contribution in [0.3, 0.4) is 0 Å². The van der Waals surface area contributed by atoms with Crippen molar-refractivity contribution in [3.05, 3.63) is 40.3 Å². The number of hydrogen-bond donors (Lipinski definition) is 1. The number of aryl methyl sites for hydroxylation is 1. The van der Waals surface area contributed by atoms with Crippen LogP contribution in [0.2, 0.25) is 0 Å². The molecular weight excluding hydrogens is 218 g/mol. The summed E-state index contributed by atoms with van der Waals surface area (Å²) in [7, 11) is 1.94. The number of hydrogen-bond acceptors (Lipinski definition) is 3. The molecule has 0 amide bonds. The molecule has 0 fully saturated rings. The van der Waals surface area contributed by atoms with E-state index >= 15 is 0 Å². The average Bonchev–Trinajstić information content (AvgIpc) is 2.87. The highest BCUT2D eigenvalue weighted by Gasteiger charge is 2.12. The van der Waals surface area contributed by atoms with E-state index in [1.807, 2.05) is 17.9 Å². The van der Waals surface area contributed by atoms with Crippen LogP contribution in [0, 0.1) is 0 Å². The van der Waals surface area contributed by atoms with Gasteiger partial charge in [0.15, 0.2) is 0 Å². The van der Waals surface area contributed by atoms with Crippen LogP contribution in [-0.4, -0.2) is 9.78 Å². The molecule has 0 radical (unpaired) electrons. The highest BCUT2D eigenvalue weighted by Crippen LogP contribution is 2.22. The number of nitrogens with zero attached hydrogens (tertiary/aromatic N) is 2. The van der Waals surface area contributed by atoms with Crippen molar-refractivity contribution in [3.8, 4) is 0 Å². The Balaban J connectivity index is 2.00. The standard InChI is InChI=1S/C12H17N3S/c1-9(11-7-13-15(3)8-11)14-10(2)12-5-4-6-16-12/h4-10,14H,1-3H3/t9?,10-/m1/s1. The topological polar surface area (TPSA) is 29.9 Å². The van der Waals surface area contributed by atoms with Crippen LogP contribution in [0.15, 0.2) is 29.9 Å². The van der Waals surface area contributed by atoms with Gasteiger partial charge >= 0.3 is 0 Å². The maximum Gasteiger partial charge on any atom is 0.0537 e. The predicted molar refractivity (Wildman–Crippen MR) is 67.5 cm³/mol. The molecule has 0 saturated carbocycles. The summed E-state index contributed by atoms with van der Waals surface area (Å²) in [6, 6.07) is 4.96. The molecule has 3 nitrogen and oxygen atoms in total. The van der Waals surface area contributed by atoms with E-state index in [2.05, 4.69) is 48.0 Å². The molecule has 4 heteroatoms. The fourth-order valence-electron chi connectivity index (χ4n) is 1.75. The number of aromatic nitrogens is 2. The molecule has 0 aliphatic heterocycles. The Bertz CT molecular complexity index is 433. The van der Waals surface area contributed by atoms with Crippen molar-refractivity contribution in [2.45, 2.75) is 25.9 Å².